The van der Waals surface area contributed by atoms with Gasteiger partial charge < -0.3 is 14.9 Å². The molecule has 3 N–H and O–H groups in total. The maximum absolute atomic E-state index is 13.1. The molecule has 1 atom stereocenters. The van der Waals surface area contributed by atoms with Gasteiger partial charge in [-0.25, -0.2) is 9.55 Å². The van der Waals surface area contributed by atoms with Gasteiger partial charge in [0.1, 0.15) is 22.2 Å². The van der Waals surface area contributed by atoms with Crippen LogP contribution in [0.15, 0.2) is 24.4 Å². The molecule has 0 saturated carbocycles. The summed E-state index contributed by atoms with van der Waals surface area (Å²) in [6.45, 7) is 3.62. The van der Waals surface area contributed by atoms with E-state index in [-0.39, 0.29) is 17.2 Å². The molecule has 3 rings (SSSR count). The Morgan fingerprint density at radius 2 is 1.97 bits per heavy atom. The van der Waals surface area contributed by atoms with Crippen LogP contribution in [0.4, 0.5) is 13.2 Å². The second-order valence-corrected chi connectivity index (χ2v) is 9.93. The van der Waals surface area contributed by atoms with Crippen LogP contribution in [0, 0.1) is 13.8 Å². The van der Waals surface area contributed by atoms with E-state index in [1.165, 1.54) is 13.2 Å². The fourth-order valence-corrected chi connectivity index (χ4v) is 5.87. The Morgan fingerprint density at radius 3 is 2.56 bits per heavy atom. The number of carboxylic acid groups (broad SMARTS) is 2. The van der Waals surface area contributed by atoms with Gasteiger partial charge in [-0.15, -0.1) is 0 Å². The van der Waals surface area contributed by atoms with Gasteiger partial charge in [-0.3, -0.25) is 9.59 Å². The molecule has 1 unspecified atom stereocenters. The number of nitrogens with one attached hydrogen (secondary N) is 1. The summed E-state index contributed by atoms with van der Waals surface area (Å²) in [5.74, 6) is -1.31. The molecular formula is C21H21F3N3O5S2+. The van der Waals surface area contributed by atoms with Gasteiger partial charge in [0.2, 0.25) is 0 Å². The Kier molecular flexibility index (Phi) is 7.66. The van der Waals surface area contributed by atoms with E-state index in [9.17, 15) is 27.9 Å². The van der Waals surface area contributed by atoms with Gasteiger partial charge in [-0.05, 0) is 32.0 Å². The zero-order valence-electron chi connectivity index (χ0n) is 18.3. The number of aromatic nitrogens is 3. The van der Waals surface area contributed by atoms with Crippen molar-refractivity contribution in [2.45, 2.75) is 37.4 Å². The first-order valence-electron chi connectivity index (χ1n) is 9.81. The Morgan fingerprint density at radius 1 is 1.26 bits per heavy atom. The van der Waals surface area contributed by atoms with Crippen LogP contribution in [-0.2, 0) is 21.5 Å². The van der Waals surface area contributed by atoms with Gasteiger partial charge in [-0.1, -0.05) is 26.6 Å². The van der Waals surface area contributed by atoms with Crippen LogP contribution in [0.2, 0.25) is 0 Å². The third-order valence-electron chi connectivity index (χ3n) is 4.99. The number of nitrogens with zero attached hydrogens (tertiary/aromatic N) is 2. The quantitative estimate of drug-likeness (QED) is 0.285. The molecule has 2 heterocycles. The smallest absolute Gasteiger partial charge is 0.416 e. The van der Waals surface area contributed by atoms with E-state index in [1.54, 1.807) is 17.7 Å². The van der Waals surface area contributed by atoms with Crippen LogP contribution in [-0.4, -0.2) is 44.5 Å². The summed E-state index contributed by atoms with van der Waals surface area (Å²) >= 11 is 0. The van der Waals surface area contributed by atoms with Crippen molar-refractivity contribution in [2.24, 2.45) is 0 Å². The van der Waals surface area contributed by atoms with Gasteiger partial charge >= 0.3 is 24.1 Å². The Bertz CT molecular complexity index is 1250. The molecule has 8 nitrogen and oxygen atoms in total. The Hall–Kier alpha value is -2.93. The highest BCUT2D eigenvalue weighted by Crippen LogP contribution is 2.35. The maximum Gasteiger partial charge on any atom is 0.416 e. The number of imidazole rings is 1. The number of carboxylic acids is 2. The number of pyridine rings is 1. The van der Waals surface area contributed by atoms with Crippen LogP contribution in [0.5, 0.6) is 5.75 Å². The number of rotatable bonds is 9. The second-order valence-electron chi connectivity index (χ2n) is 7.36. The molecule has 0 aliphatic carbocycles. The molecule has 0 spiro atoms. The zero-order valence-corrected chi connectivity index (χ0v) is 19.9. The van der Waals surface area contributed by atoms with Crippen molar-refractivity contribution in [2.75, 3.05) is 7.11 Å². The summed E-state index contributed by atoms with van der Waals surface area (Å²) < 4.78 is 46.5. The lowest BCUT2D eigenvalue weighted by molar-refractivity contribution is -0.611. The predicted molar refractivity (Wildman–Crippen MR) is 121 cm³/mol. The molecule has 2 aromatic heterocycles. The number of aromatic amines is 1. The van der Waals surface area contributed by atoms with E-state index in [1.807, 2.05) is 6.92 Å². The van der Waals surface area contributed by atoms with E-state index >= 15 is 0 Å². The van der Waals surface area contributed by atoms with Crippen LogP contribution in [0.1, 0.15) is 28.8 Å². The van der Waals surface area contributed by atoms with Crippen molar-refractivity contribution in [3.8, 4) is 11.7 Å². The SMILES string of the molecule is COc1c(C)c[n+](-c2nc3ccc(C(F)(F)F)cc3[nH]2)c(CSSC(CC(=O)O)C(=O)O)c1C. The van der Waals surface area contributed by atoms with Gasteiger partial charge in [0.05, 0.1) is 31.0 Å². The lowest BCUT2D eigenvalue weighted by Crippen LogP contribution is -2.38. The number of aliphatic carboxylic acids is 2. The third-order valence-corrected chi connectivity index (χ3v) is 7.58. The number of hydrogen-bond acceptors (Lipinski definition) is 6. The van der Waals surface area contributed by atoms with Gasteiger partial charge in [0.15, 0.2) is 5.52 Å². The van der Waals surface area contributed by atoms with Crippen molar-refractivity contribution in [1.29, 1.82) is 0 Å². The lowest BCUT2D eigenvalue weighted by atomic mass is 10.1. The first kappa shape index (κ1) is 25.7. The number of H-pyrrole nitrogens is 1. The summed E-state index contributed by atoms with van der Waals surface area (Å²) in [7, 11) is 3.58. The van der Waals surface area contributed by atoms with Crippen molar-refractivity contribution >= 4 is 44.6 Å². The predicted octanol–water partition coefficient (Wildman–Crippen LogP) is 4.29. The molecule has 0 saturated heterocycles. The van der Waals surface area contributed by atoms with Crippen molar-refractivity contribution in [1.82, 2.24) is 9.97 Å². The Labute approximate surface area is 199 Å². The monoisotopic (exact) mass is 516 g/mol. The normalized spacial score (nSPS) is 12.6. The molecule has 34 heavy (non-hydrogen) atoms. The highest BCUT2D eigenvalue weighted by atomic mass is 33.1. The van der Waals surface area contributed by atoms with E-state index in [0.717, 1.165) is 44.8 Å². The first-order chi connectivity index (χ1) is 15.9. The fourth-order valence-electron chi connectivity index (χ4n) is 3.40. The fraction of sp³-hybridized carbons (Fsp3) is 0.333. The summed E-state index contributed by atoms with van der Waals surface area (Å²) in [6, 6.07) is 3.24. The highest BCUT2D eigenvalue weighted by molar-refractivity contribution is 8.76. The van der Waals surface area contributed by atoms with E-state index in [4.69, 9.17) is 9.84 Å². The average molecular weight is 517 g/mol. The van der Waals surface area contributed by atoms with Crippen molar-refractivity contribution < 1.29 is 42.3 Å². The van der Waals surface area contributed by atoms with E-state index < -0.39 is 35.3 Å². The maximum atomic E-state index is 13.1. The lowest BCUT2D eigenvalue weighted by Gasteiger charge is -2.15. The molecule has 0 radical (unpaired) electrons. The standard InChI is InChI=1S/C21H20F3N3O5S2/c1-10-8-27(20-25-13-5-4-12(21(22,23)24)6-14(13)26-20)15(11(2)18(10)32-3)9-33-34-16(19(30)31)7-17(28)29/h4-6,8,16H,7,9H2,1-3H3,(H2-,25,26,28,29,30,31)/p+1. The van der Waals surface area contributed by atoms with Crippen LogP contribution in [0.3, 0.4) is 0 Å². The summed E-state index contributed by atoms with van der Waals surface area (Å²) in [6.07, 6.45) is -3.30. The number of ether oxygens (including phenoxy) is 1. The van der Waals surface area contributed by atoms with Crippen LogP contribution >= 0.6 is 21.6 Å². The van der Waals surface area contributed by atoms with E-state index in [2.05, 4.69) is 9.97 Å². The molecule has 0 bridgehead atoms. The molecule has 182 valence electrons. The molecule has 0 amide bonds. The summed E-state index contributed by atoms with van der Waals surface area (Å²) in [5.41, 5.74) is 1.91. The number of fused-ring (bicyclic) bond motifs is 1. The van der Waals surface area contributed by atoms with Gasteiger partial charge in [0, 0.05) is 11.1 Å². The van der Waals surface area contributed by atoms with Crippen molar-refractivity contribution in [3.05, 3.63) is 46.8 Å². The zero-order chi connectivity index (χ0) is 25.2. The summed E-state index contributed by atoms with van der Waals surface area (Å²) in [5, 5.41) is 17.1. The first-order valence-corrected chi connectivity index (χ1v) is 12.2. The minimum absolute atomic E-state index is 0.212. The molecule has 13 heteroatoms. The van der Waals surface area contributed by atoms with Crippen molar-refractivity contribution in [3.63, 3.8) is 0 Å². The number of halogens is 3. The number of benzene rings is 1. The molecule has 0 aliphatic rings. The number of alkyl halides is 3. The molecule has 0 aliphatic heterocycles. The van der Waals surface area contributed by atoms with Crippen LogP contribution in [0.25, 0.3) is 17.0 Å². The van der Waals surface area contributed by atoms with Gasteiger partial charge in [0.25, 0.3) is 0 Å². The Balaban J connectivity index is 2.00. The number of methoxy groups -OCH3 is 1. The molecular weight excluding hydrogens is 495 g/mol. The topological polar surface area (TPSA) is 116 Å². The number of carbonyl (C=O) groups is 2. The van der Waals surface area contributed by atoms with E-state index in [0.29, 0.717) is 17.0 Å². The molecule has 1 aromatic carbocycles. The highest BCUT2D eigenvalue weighted by Gasteiger charge is 2.32. The second kappa shape index (κ2) is 10.1. The van der Waals surface area contributed by atoms with Crippen LogP contribution < -0.4 is 9.30 Å². The summed E-state index contributed by atoms with van der Waals surface area (Å²) in [4.78, 5) is 29.7. The minimum atomic E-state index is -4.49. The number of hydrogen-bond donors (Lipinski definition) is 3. The molecule has 0 fully saturated rings. The largest absolute Gasteiger partial charge is 0.496 e. The minimum Gasteiger partial charge on any atom is -0.496 e. The molecule has 3 aromatic rings. The number of aryl methyl sites for hydroxylation is 1. The average Bonchev–Trinajstić information content (AvgIpc) is 3.16. The third kappa shape index (κ3) is 5.58. The van der Waals surface area contributed by atoms with Gasteiger partial charge in [-0.2, -0.15) is 13.2 Å².